The van der Waals surface area contributed by atoms with Gasteiger partial charge in [0.1, 0.15) is 0 Å². The summed E-state index contributed by atoms with van der Waals surface area (Å²) in [6.45, 7) is 0. The molecule has 0 unspecified atom stereocenters. The first-order chi connectivity index (χ1) is 12.8. The van der Waals surface area contributed by atoms with Crippen molar-refractivity contribution < 1.29 is 44.4 Å². The number of hydrogen-bond acceptors (Lipinski definition) is 2. The van der Waals surface area contributed by atoms with Crippen molar-refractivity contribution in [2.24, 2.45) is 0 Å². The van der Waals surface area contributed by atoms with Crippen LogP contribution in [0.3, 0.4) is 0 Å². The van der Waals surface area contributed by atoms with Crippen molar-refractivity contribution in [3.63, 3.8) is 0 Å². The van der Waals surface area contributed by atoms with Crippen molar-refractivity contribution in [1.29, 1.82) is 0 Å². The first-order valence-corrected chi connectivity index (χ1v) is 8.60. The van der Waals surface area contributed by atoms with Crippen molar-refractivity contribution in [3.8, 4) is 0 Å². The van der Waals surface area contributed by atoms with Crippen molar-refractivity contribution in [3.05, 3.63) is 132 Å². The summed E-state index contributed by atoms with van der Waals surface area (Å²) >= 11 is 0. The minimum absolute atomic E-state index is 0. The van der Waals surface area contributed by atoms with Crippen LogP contribution >= 0.6 is 0 Å². The Bertz CT molecular complexity index is 670. The topological polar surface area (TPSA) is 46.1 Å². The van der Waals surface area contributed by atoms with Crippen LogP contribution in [-0.2, 0) is 34.1 Å². The summed E-state index contributed by atoms with van der Waals surface area (Å²) in [4.78, 5) is 0. The van der Waals surface area contributed by atoms with E-state index in [9.17, 15) is 10.2 Å². The predicted molar refractivity (Wildman–Crippen MR) is 104 cm³/mol. The van der Waals surface area contributed by atoms with E-state index in [4.69, 9.17) is 0 Å². The molecule has 0 radical (unpaired) electrons. The van der Waals surface area contributed by atoms with Gasteiger partial charge in [-0.1, -0.05) is 48.6 Å². The van der Waals surface area contributed by atoms with Crippen LogP contribution in [0.4, 0.5) is 0 Å². The van der Waals surface area contributed by atoms with Crippen molar-refractivity contribution in [1.82, 2.24) is 0 Å². The minimum atomic E-state index is 0. The zero-order valence-corrected chi connectivity index (χ0v) is 17.5. The first-order valence-electron chi connectivity index (χ1n) is 8.60. The summed E-state index contributed by atoms with van der Waals surface area (Å²) in [5, 5.41) is 23.3. The van der Waals surface area contributed by atoms with Crippen LogP contribution in [0.1, 0.15) is 12.8 Å². The van der Waals surface area contributed by atoms with Gasteiger partial charge < -0.3 is 10.2 Å². The molecule has 2 nitrogen and oxygen atoms in total. The Balaban J connectivity index is 0.000000500. The van der Waals surface area contributed by atoms with Gasteiger partial charge in [0, 0.05) is 0 Å². The monoisotopic (exact) mass is 454 g/mol. The zero-order valence-electron chi connectivity index (χ0n) is 15.3. The van der Waals surface area contributed by atoms with Gasteiger partial charge in [-0.2, -0.15) is 36.4 Å². The smallest absolute Gasteiger partial charge is 0.875 e. The Morgan fingerprint density at radius 3 is 1.07 bits per heavy atom. The first kappa shape index (κ1) is 25.8. The van der Waals surface area contributed by atoms with E-state index in [1.807, 2.05) is 85.0 Å². The maximum Gasteiger partial charge on any atom is 2.00 e. The van der Waals surface area contributed by atoms with Gasteiger partial charge in [-0.05, 0) is 24.0 Å². The second-order valence-electron chi connectivity index (χ2n) is 5.62. The maximum atomic E-state index is 11.6. The molecule has 0 amide bonds. The van der Waals surface area contributed by atoms with Gasteiger partial charge in [-0.3, -0.25) is 0 Å². The third kappa shape index (κ3) is 10.2. The Morgan fingerprint density at radius 1 is 0.571 bits per heavy atom. The molecule has 0 aliphatic heterocycles. The summed E-state index contributed by atoms with van der Waals surface area (Å²) in [5.74, 6) is 0.0646. The van der Waals surface area contributed by atoms with Gasteiger partial charge in [0.2, 0.25) is 0 Å². The van der Waals surface area contributed by atoms with Crippen LogP contribution in [-0.4, -0.2) is 0 Å². The average Bonchev–Trinajstić information content (AvgIpc) is 3.50. The molecule has 4 heteroatoms. The molecule has 0 fully saturated rings. The molecule has 146 valence electrons. The van der Waals surface area contributed by atoms with E-state index in [1.165, 1.54) is 0 Å². The summed E-state index contributed by atoms with van der Waals surface area (Å²) < 4.78 is 0. The maximum absolute atomic E-state index is 11.6. The molecule has 0 bridgehead atoms. The Kier molecular flexibility index (Phi) is 14.5. The van der Waals surface area contributed by atoms with Crippen LogP contribution < -0.4 is 10.2 Å². The largest absolute Gasteiger partial charge is 2.00 e. The minimum Gasteiger partial charge on any atom is -0.875 e. The van der Waals surface area contributed by atoms with E-state index >= 15 is 0 Å². The molecule has 0 spiro atoms. The summed E-state index contributed by atoms with van der Waals surface area (Å²) in [5.41, 5.74) is 1.38. The van der Waals surface area contributed by atoms with Crippen molar-refractivity contribution >= 4 is 0 Å². The standard InChI is InChI=1S/C14H14O2.2C5H5.2Fe/c15-13(11-5-1-2-6-11)9-10-14(16)12-7-3-4-8-12;2*1-2-4-5-3-1;;/h1-8,15-16H,9-10H2;2*1-5H;;/q;2*-1;2*+2/p-2. The van der Waals surface area contributed by atoms with Crippen molar-refractivity contribution in [2.75, 3.05) is 0 Å². The molecular formula is C24H22Fe2O2. The van der Waals surface area contributed by atoms with Gasteiger partial charge in [-0.25, -0.2) is 24.3 Å². The van der Waals surface area contributed by atoms with Gasteiger partial charge >= 0.3 is 34.1 Å². The summed E-state index contributed by atoms with van der Waals surface area (Å²) in [7, 11) is 0. The van der Waals surface area contributed by atoms with Crippen LogP contribution in [0.2, 0.25) is 0 Å². The van der Waals surface area contributed by atoms with E-state index in [2.05, 4.69) is 0 Å². The second kappa shape index (κ2) is 15.8. The molecule has 0 saturated carbocycles. The molecule has 4 rings (SSSR count). The van der Waals surface area contributed by atoms with E-state index < -0.39 is 0 Å². The third-order valence-corrected chi connectivity index (χ3v) is 3.66. The molecule has 28 heavy (non-hydrogen) atoms. The van der Waals surface area contributed by atoms with Gasteiger partial charge in [0.25, 0.3) is 0 Å². The molecule has 0 aromatic heterocycles. The summed E-state index contributed by atoms with van der Waals surface area (Å²) in [6.07, 6.45) is 15.0. The molecule has 2 aromatic rings. The van der Waals surface area contributed by atoms with Crippen molar-refractivity contribution in [2.45, 2.75) is 12.8 Å². The Hall–Kier alpha value is -2.22. The normalized spacial score (nSPS) is 12.3. The second-order valence-corrected chi connectivity index (χ2v) is 5.62. The van der Waals surface area contributed by atoms with E-state index in [1.54, 1.807) is 24.3 Å². The zero-order chi connectivity index (χ0) is 18.5. The third-order valence-electron chi connectivity index (χ3n) is 3.66. The van der Waals surface area contributed by atoms with E-state index in [0.717, 1.165) is 0 Å². The van der Waals surface area contributed by atoms with Crippen LogP contribution in [0.15, 0.2) is 132 Å². The summed E-state index contributed by atoms with van der Waals surface area (Å²) in [6, 6.07) is 20.0. The van der Waals surface area contributed by atoms with Gasteiger partial charge in [-0.15, -0.1) is 11.5 Å². The molecule has 0 saturated heterocycles. The Morgan fingerprint density at radius 2 is 0.857 bits per heavy atom. The Labute approximate surface area is 188 Å². The average molecular weight is 454 g/mol. The van der Waals surface area contributed by atoms with Gasteiger partial charge in [0.05, 0.1) is 0 Å². The quantitative estimate of drug-likeness (QED) is 0.399. The van der Waals surface area contributed by atoms with Crippen LogP contribution in [0.25, 0.3) is 0 Å². The fourth-order valence-corrected chi connectivity index (χ4v) is 2.28. The molecule has 0 N–H and O–H groups in total. The molecule has 2 aliphatic carbocycles. The molecular weight excluding hydrogens is 432 g/mol. The SMILES string of the molecule is [Fe+2].[Fe+2].[O-]C(CCC([O-])=C1C=CC=C1)=C1C=CC=C1.c1cc[cH-]c1.c1cc[cH-]c1. The van der Waals surface area contributed by atoms with Gasteiger partial charge in [0.15, 0.2) is 0 Å². The predicted octanol–water partition coefficient (Wildman–Crippen LogP) is 4.05. The van der Waals surface area contributed by atoms with Crippen LogP contribution in [0.5, 0.6) is 0 Å². The number of allylic oxidation sites excluding steroid dienone is 12. The van der Waals surface area contributed by atoms with Crippen LogP contribution in [0, 0.1) is 0 Å². The molecule has 2 aromatic carbocycles. The number of rotatable bonds is 3. The fraction of sp³-hybridized carbons (Fsp3) is 0.0833. The molecule has 2 aliphatic rings. The number of hydrogen-bond donors (Lipinski definition) is 0. The molecule has 0 atom stereocenters. The van der Waals surface area contributed by atoms with E-state index in [-0.39, 0.29) is 58.5 Å². The van der Waals surface area contributed by atoms with E-state index in [0.29, 0.717) is 11.1 Å². The fourth-order valence-electron chi connectivity index (χ4n) is 2.28. The molecule has 0 heterocycles.